The molecule has 0 aliphatic carbocycles. The predicted molar refractivity (Wildman–Crippen MR) is 45.2 cm³/mol. The Balaban J connectivity index is 3.28. The fourth-order valence-corrected chi connectivity index (χ4v) is 0.986. The van der Waals surface area contributed by atoms with Gasteiger partial charge in [0.15, 0.2) is 0 Å². The minimum atomic E-state index is -2.92. The number of ether oxygens (including phenoxy) is 1. The summed E-state index contributed by atoms with van der Waals surface area (Å²) in [6.07, 6.45) is -2.92. The number of carbonyl (C=O) groups is 1. The Bertz CT molecular complexity index is 427. The number of alkyl halides is 2. The van der Waals surface area contributed by atoms with E-state index in [0.29, 0.717) is 0 Å². The van der Waals surface area contributed by atoms with Crippen LogP contribution in [0.15, 0.2) is 12.1 Å². The Morgan fingerprint density at radius 1 is 1.60 bits per heavy atom. The number of esters is 1. The van der Waals surface area contributed by atoms with Gasteiger partial charge in [0.05, 0.1) is 12.7 Å². The molecule has 0 saturated carbocycles. The number of pyridine rings is 1. The molecule has 0 aromatic carbocycles. The summed E-state index contributed by atoms with van der Waals surface area (Å²) in [4.78, 5) is 14.4. The maximum atomic E-state index is 12.5. The van der Waals surface area contributed by atoms with Crippen molar-refractivity contribution in [3.63, 3.8) is 0 Å². The summed E-state index contributed by atoms with van der Waals surface area (Å²) in [5, 5.41) is 8.46. The molecule has 0 spiro atoms. The second-order valence-electron chi connectivity index (χ2n) is 2.53. The molecule has 0 unspecified atom stereocenters. The summed E-state index contributed by atoms with van der Waals surface area (Å²) in [5.41, 5.74) is -1.23. The average Bonchev–Trinajstić information content (AvgIpc) is 2.27. The second-order valence-corrected chi connectivity index (χ2v) is 2.53. The molecule has 1 heterocycles. The van der Waals surface area contributed by atoms with Crippen molar-refractivity contribution >= 4 is 5.97 Å². The van der Waals surface area contributed by atoms with Gasteiger partial charge in [-0.05, 0) is 12.1 Å². The van der Waals surface area contributed by atoms with Crippen LogP contribution in [0.4, 0.5) is 8.78 Å². The lowest BCUT2D eigenvalue weighted by atomic mass is 10.2. The van der Waals surface area contributed by atoms with Crippen LogP contribution < -0.4 is 0 Å². The third-order valence-electron chi connectivity index (χ3n) is 1.65. The SMILES string of the molecule is COC(=O)c1ccc(C#N)nc1C(F)F. The largest absolute Gasteiger partial charge is 0.465 e. The van der Waals surface area contributed by atoms with Gasteiger partial charge in [-0.2, -0.15) is 5.26 Å². The monoisotopic (exact) mass is 212 g/mol. The Morgan fingerprint density at radius 3 is 2.73 bits per heavy atom. The number of hydrogen-bond acceptors (Lipinski definition) is 4. The number of hydrogen-bond donors (Lipinski definition) is 0. The van der Waals surface area contributed by atoms with Crippen LogP contribution in [0, 0.1) is 11.3 Å². The minimum Gasteiger partial charge on any atom is -0.465 e. The van der Waals surface area contributed by atoms with Gasteiger partial charge in [-0.15, -0.1) is 0 Å². The highest BCUT2D eigenvalue weighted by Gasteiger charge is 2.21. The predicted octanol–water partition coefficient (Wildman–Crippen LogP) is 1.68. The maximum Gasteiger partial charge on any atom is 0.339 e. The van der Waals surface area contributed by atoms with Crippen LogP contribution in [0.3, 0.4) is 0 Å². The first-order valence-corrected chi connectivity index (χ1v) is 3.87. The fraction of sp³-hybridized carbons (Fsp3) is 0.222. The molecule has 1 aromatic rings. The van der Waals surface area contributed by atoms with Crippen LogP contribution in [0.5, 0.6) is 0 Å². The number of rotatable bonds is 2. The summed E-state index contributed by atoms with van der Waals surface area (Å²) in [6.45, 7) is 0. The van der Waals surface area contributed by atoms with Crippen LogP contribution in [0.25, 0.3) is 0 Å². The highest BCUT2D eigenvalue weighted by atomic mass is 19.3. The van der Waals surface area contributed by atoms with Crippen LogP contribution in [0.1, 0.15) is 28.2 Å². The lowest BCUT2D eigenvalue weighted by molar-refractivity contribution is 0.0587. The van der Waals surface area contributed by atoms with Gasteiger partial charge in [0.1, 0.15) is 17.5 Å². The van der Waals surface area contributed by atoms with E-state index in [2.05, 4.69) is 9.72 Å². The number of nitriles is 1. The Labute approximate surface area is 84.1 Å². The zero-order chi connectivity index (χ0) is 11.4. The summed E-state index contributed by atoms with van der Waals surface area (Å²) >= 11 is 0. The molecule has 15 heavy (non-hydrogen) atoms. The lowest BCUT2D eigenvalue weighted by Gasteiger charge is -2.05. The van der Waals surface area contributed by atoms with Crippen molar-refractivity contribution in [2.24, 2.45) is 0 Å². The summed E-state index contributed by atoms with van der Waals surface area (Å²) in [7, 11) is 1.08. The van der Waals surface area contributed by atoms with E-state index in [0.717, 1.165) is 13.2 Å². The van der Waals surface area contributed by atoms with E-state index in [1.807, 2.05) is 0 Å². The first kappa shape index (κ1) is 11.0. The van der Waals surface area contributed by atoms with Gasteiger partial charge in [0, 0.05) is 0 Å². The molecule has 1 aromatic heterocycles. The molecule has 0 saturated heterocycles. The van der Waals surface area contributed by atoms with Gasteiger partial charge in [-0.25, -0.2) is 18.6 Å². The summed E-state index contributed by atoms with van der Waals surface area (Å²) in [5.74, 6) is -0.901. The topological polar surface area (TPSA) is 63.0 Å². The number of aromatic nitrogens is 1. The van der Waals surface area contributed by atoms with Crippen molar-refractivity contribution in [3.8, 4) is 6.07 Å². The zero-order valence-electron chi connectivity index (χ0n) is 7.70. The molecule has 78 valence electrons. The van der Waals surface area contributed by atoms with Crippen LogP contribution in [-0.4, -0.2) is 18.1 Å². The number of halogens is 2. The molecule has 4 nitrogen and oxygen atoms in total. The number of nitrogens with zero attached hydrogens (tertiary/aromatic N) is 2. The van der Waals surface area contributed by atoms with Gasteiger partial charge in [-0.3, -0.25) is 0 Å². The molecule has 0 aliphatic rings. The van der Waals surface area contributed by atoms with Gasteiger partial charge < -0.3 is 4.74 Å². The zero-order valence-corrected chi connectivity index (χ0v) is 7.70. The number of methoxy groups -OCH3 is 1. The molecule has 0 amide bonds. The summed E-state index contributed by atoms with van der Waals surface area (Å²) in [6, 6.07) is 3.88. The van der Waals surface area contributed by atoms with Crippen LogP contribution >= 0.6 is 0 Å². The smallest absolute Gasteiger partial charge is 0.339 e. The van der Waals surface area contributed by atoms with E-state index in [1.165, 1.54) is 6.07 Å². The van der Waals surface area contributed by atoms with Gasteiger partial charge in [0.25, 0.3) is 6.43 Å². The van der Waals surface area contributed by atoms with E-state index < -0.39 is 18.1 Å². The normalized spacial score (nSPS) is 9.80. The molecule has 0 N–H and O–H groups in total. The highest BCUT2D eigenvalue weighted by molar-refractivity contribution is 5.90. The average molecular weight is 212 g/mol. The number of carbonyl (C=O) groups excluding carboxylic acids is 1. The molecule has 0 fully saturated rings. The third kappa shape index (κ3) is 2.26. The molecular formula is C9H6F2N2O2. The van der Waals surface area contributed by atoms with E-state index >= 15 is 0 Å². The van der Waals surface area contributed by atoms with Crippen LogP contribution in [-0.2, 0) is 4.74 Å². The Morgan fingerprint density at radius 2 is 2.27 bits per heavy atom. The van der Waals surface area contributed by atoms with Crippen molar-refractivity contribution in [3.05, 3.63) is 29.1 Å². The molecule has 0 atom stereocenters. The second kappa shape index (κ2) is 4.46. The van der Waals surface area contributed by atoms with Crippen molar-refractivity contribution < 1.29 is 18.3 Å². The molecule has 0 aliphatic heterocycles. The van der Waals surface area contributed by atoms with Gasteiger partial charge in [-0.1, -0.05) is 0 Å². The first-order valence-electron chi connectivity index (χ1n) is 3.87. The van der Waals surface area contributed by atoms with E-state index in [1.54, 1.807) is 6.07 Å². The molecule has 6 heteroatoms. The lowest BCUT2D eigenvalue weighted by Crippen LogP contribution is -2.08. The summed E-state index contributed by atoms with van der Waals surface area (Å²) < 4.78 is 29.2. The standard InChI is InChI=1S/C9H6F2N2O2/c1-15-9(14)6-3-2-5(4-12)13-7(6)8(10)11/h2-3,8H,1H3. The molecule has 0 radical (unpaired) electrons. The minimum absolute atomic E-state index is 0.169. The van der Waals surface area contributed by atoms with E-state index in [9.17, 15) is 13.6 Å². The first-order chi connectivity index (χ1) is 7.10. The van der Waals surface area contributed by atoms with Gasteiger partial charge in [0.2, 0.25) is 0 Å². The van der Waals surface area contributed by atoms with Crippen LogP contribution in [0.2, 0.25) is 0 Å². The molecule has 0 bridgehead atoms. The molecule has 1 rings (SSSR count). The quantitative estimate of drug-likeness (QED) is 0.699. The third-order valence-corrected chi connectivity index (χ3v) is 1.65. The maximum absolute atomic E-state index is 12.5. The highest BCUT2D eigenvalue weighted by Crippen LogP contribution is 2.21. The van der Waals surface area contributed by atoms with Crippen molar-refractivity contribution in [2.45, 2.75) is 6.43 Å². The van der Waals surface area contributed by atoms with Gasteiger partial charge >= 0.3 is 5.97 Å². The Kier molecular flexibility index (Phi) is 3.29. The van der Waals surface area contributed by atoms with Crippen molar-refractivity contribution in [1.82, 2.24) is 4.98 Å². The molecular weight excluding hydrogens is 206 g/mol. The van der Waals surface area contributed by atoms with Crippen molar-refractivity contribution in [1.29, 1.82) is 5.26 Å². The van der Waals surface area contributed by atoms with E-state index in [-0.39, 0.29) is 11.3 Å². The van der Waals surface area contributed by atoms with Crippen molar-refractivity contribution in [2.75, 3.05) is 7.11 Å². The Hall–Kier alpha value is -2.03. The fourth-order valence-electron chi connectivity index (χ4n) is 0.986. The van der Waals surface area contributed by atoms with E-state index in [4.69, 9.17) is 5.26 Å².